The lowest BCUT2D eigenvalue weighted by Gasteiger charge is -2.34. The minimum atomic E-state index is -0.332. The van der Waals surface area contributed by atoms with Crippen molar-refractivity contribution < 1.29 is 19.1 Å². The second-order valence-electron chi connectivity index (χ2n) is 5.46. The SMILES string of the molecule is COC(=O)CCNC(=O)CN1CC(C)Oc2ccc(C)cc21. The van der Waals surface area contributed by atoms with Gasteiger partial charge < -0.3 is 19.7 Å². The van der Waals surface area contributed by atoms with Crippen molar-refractivity contribution in [3.05, 3.63) is 23.8 Å². The van der Waals surface area contributed by atoms with Crippen molar-refractivity contribution in [2.24, 2.45) is 0 Å². The topological polar surface area (TPSA) is 67.9 Å². The van der Waals surface area contributed by atoms with Gasteiger partial charge in [-0.3, -0.25) is 9.59 Å². The Bertz CT molecular complexity index is 559. The van der Waals surface area contributed by atoms with Gasteiger partial charge in [-0.25, -0.2) is 0 Å². The van der Waals surface area contributed by atoms with Crippen molar-refractivity contribution in [1.82, 2.24) is 5.32 Å². The number of carbonyl (C=O) groups is 2. The van der Waals surface area contributed by atoms with Crippen LogP contribution in [0.2, 0.25) is 0 Å². The fourth-order valence-electron chi connectivity index (χ4n) is 2.42. The molecule has 6 heteroatoms. The lowest BCUT2D eigenvalue weighted by molar-refractivity contribution is -0.140. The molecule has 6 nitrogen and oxygen atoms in total. The zero-order chi connectivity index (χ0) is 16.1. The average Bonchev–Trinajstić information content (AvgIpc) is 2.47. The Labute approximate surface area is 130 Å². The number of rotatable bonds is 5. The summed E-state index contributed by atoms with van der Waals surface area (Å²) in [6.07, 6.45) is 0.204. The van der Waals surface area contributed by atoms with Gasteiger partial charge in [0.1, 0.15) is 11.9 Å². The predicted molar refractivity (Wildman–Crippen MR) is 83.1 cm³/mol. The molecule has 120 valence electrons. The Morgan fingerprint density at radius 2 is 2.23 bits per heavy atom. The average molecular weight is 306 g/mol. The molecule has 1 atom stereocenters. The minimum Gasteiger partial charge on any atom is -0.487 e. The maximum atomic E-state index is 12.0. The number of aryl methyl sites for hydroxylation is 1. The first kappa shape index (κ1) is 16.1. The van der Waals surface area contributed by atoms with Crippen LogP contribution in [-0.2, 0) is 14.3 Å². The van der Waals surface area contributed by atoms with Gasteiger partial charge in [0, 0.05) is 6.54 Å². The number of methoxy groups -OCH3 is 1. The first-order chi connectivity index (χ1) is 10.5. The van der Waals surface area contributed by atoms with Gasteiger partial charge in [-0.05, 0) is 31.5 Å². The molecule has 0 aromatic heterocycles. The minimum absolute atomic E-state index is 0.0260. The van der Waals surface area contributed by atoms with Crippen LogP contribution in [0.3, 0.4) is 0 Å². The van der Waals surface area contributed by atoms with Crippen molar-refractivity contribution in [1.29, 1.82) is 0 Å². The molecule has 1 aromatic carbocycles. The van der Waals surface area contributed by atoms with Crippen LogP contribution in [0.15, 0.2) is 18.2 Å². The molecule has 0 fully saturated rings. The largest absolute Gasteiger partial charge is 0.487 e. The maximum Gasteiger partial charge on any atom is 0.307 e. The van der Waals surface area contributed by atoms with E-state index in [0.29, 0.717) is 6.54 Å². The summed E-state index contributed by atoms with van der Waals surface area (Å²) in [6, 6.07) is 5.94. The van der Waals surface area contributed by atoms with Crippen LogP contribution >= 0.6 is 0 Å². The lowest BCUT2D eigenvalue weighted by atomic mass is 10.1. The smallest absolute Gasteiger partial charge is 0.307 e. The summed E-state index contributed by atoms with van der Waals surface area (Å²) >= 11 is 0. The molecule has 1 amide bonds. The van der Waals surface area contributed by atoms with Crippen LogP contribution < -0.4 is 15.0 Å². The number of ether oxygens (including phenoxy) is 2. The summed E-state index contributed by atoms with van der Waals surface area (Å²) in [4.78, 5) is 25.1. The lowest BCUT2D eigenvalue weighted by Crippen LogP contribution is -2.44. The maximum absolute atomic E-state index is 12.0. The highest BCUT2D eigenvalue weighted by atomic mass is 16.5. The molecule has 0 saturated heterocycles. The molecular formula is C16H22N2O4. The van der Waals surface area contributed by atoms with E-state index < -0.39 is 0 Å². The number of amides is 1. The number of benzene rings is 1. The second kappa shape index (κ2) is 7.15. The van der Waals surface area contributed by atoms with Gasteiger partial charge in [0.05, 0.1) is 32.3 Å². The number of anilines is 1. The summed E-state index contributed by atoms with van der Waals surface area (Å²) in [7, 11) is 1.33. The number of esters is 1. The number of hydrogen-bond donors (Lipinski definition) is 1. The van der Waals surface area contributed by atoms with Gasteiger partial charge in [0.2, 0.25) is 5.91 Å². The summed E-state index contributed by atoms with van der Waals surface area (Å²) in [6.45, 7) is 5.16. The summed E-state index contributed by atoms with van der Waals surface area (Å²) < 4.78 is 10.3. The van der Waals surface area contributed by atoms with Crippen LogP contribution in [-0.4, -0.2) is 44.7 Å². The highest BCUT2D eigenvalue weighted by Crippen LogP contribution is 2.33. The van der Waals surface area contributed by atoms with E-state index in [1.807, 2.05) is 36.9 Å². The van der Waals surface area contributed by atoms with Gasteiger partial charge in [0.15, 0.2) is 0 Å². The first-order valence-corrected chi connectivity index (χ1v) is 7.35. The Morgan fingerprint density at radius 3 is 2.95 bits per heavy atom. The molecule has 1 aromatic rings. The van der Waals surface area contributed by atoms with Gasteiger partial charge in [-0.2, -0.15) is 0 Å². The summed E-state index contributed by atoms with van der Waals surface area (Å²) in [5.41, 5.74) is 2.05. The van der Waals surface area contributed by atoms with Crippen molar-refractivity contribution in [3.8, 4) is 5.75 Å². The fraction of sp³-hybridized carbons (Fsp3) is 0.500. The molecule has 0 saturated carbocycles. The normalized spacial score (nSPS) is 16.5. The zero-order valence-corrected chi connectivity index (χ0v) is 13.2. The van der Waals surface area contributed by atoms with E-state index in [1.54, 1.807) is 0 Å². The molecule has 0 aliphatic carbocycles. The van der Waals surface area contributed by atoms with Gasteiger partial charge in [-0.15, -0.1) is 0 Å². The van der Waals surface area contributed by atoms with Gasteiger partial charge >= 0.3 is 5.97 Å². The third-order valence-corrected chi connectivity index (χ3v) is 3.47. The Kier molecular flexibility index (Phi) is 5.25. The number of nitrogens with one attached hydrogen (secondary N) is 1. The monoisotopic (exact) mass is 306 g/mol. The predicted octanol–water partition coefficient (Wildman–Crippen LogP) is 1.26. The van der Waals surface area contributed by atoms with Crippen molar-refractivity contribution in [3.63, 3.8) is 0 Å². The standard InChI is InChI=1S/C16H22N2O4/c1-11-4-5-14-13(8-11)18(9-12(2)22-14)10-15(19)17-7-6-16(20)21-3/h4-5,8,12H,6-7,9-10H2,1-3H3,(H,17,19). The number of carbonyl (C=O) groups excluding carboxylic acids is 2. The quantitative estimate of drug-likeness (QED) is 0.830. The Balaban J connectivity index is 1.96. The molecular weight excluding hydrogens is 284 g/mol. The molecule has 0 spiro atoms. The number of fused-ring (bicyclic) bond motifs is 1. The van der Waals surface area contributed by atoms with Gasteiger partial charge in [0.25, 0.3) is 0 Å². The fourth-order valence-corrected chi connectivity index (χ4v) is 2.42. The van der Waals surface area contributed by atoms with E-state index in [4.69, 9.17) is 4.74 Å². The number of nitrogens with zero attached hydrogens (tertiary/aromatic N) is 1. The van der Waals surface area contributed by atoms with Crippen LogP contribution in [0.25, 0.3) is 0 Å². The zero-order valence-electron chi connectivity index (χ0n) is 13.2. The van der Waals surface area contributed by atoms with E-state index in [1.165, 1.54) is 7.11 Å². The van der Waals surface area contributed by atoms with E-state index in [9.17, 15) is 9.59 Å². The molecule has 1 heterocycles. The number of hydrogen-bond acceptors (Lipinski definition) is 5. The van der Waals surface area contributed by atoms with Crippen LogP contribution in [0.5, 0.6) is 5.75 Å². The van der Waals surface area contributed by atoms with Crippen molar-refractivity contribution in [2.45, 2.75) is 26.4 Å². The molecule has 0 bridgehead atoms. The molecule has 1 aliphatic heterocycles. The Hall–Kier alpha value is -2.24. The van der Waals surface area contributed by atoms with Crippen LogP contribution in [0.1, 0.15) is 18.9 Å². The van der Waals surface area contributed by atoms with Crippen LogP contribution in [0.4, 0.5) is 5.69 Å². The molecule has 22 heavy (non-hydrogen) atoms. The molecule has 1 unspecified atom stereocenters. The van der Waals surface area contributed by atoms with E-state index in [-0.39, 0.29) is 37.5 Å². The highest BCUT2D eigenvalue weighted by Gasteiger charge is 2.24. The van der Waals surface area contributed by atoms with Crippen molar-refractivity contribution in [2.75, 3.05) is 31.6 Å². The molecule has 2 rings (SSSR count). The second-order valence-corrected chi connectivity index (χ2v) is 5.46. The summed E-state index contributed by atoms with van der Waals surface area (Å²) in [5.74, 6) is 0.346. The highest BCUT2D eigenvalue weighted by molar-refractivity contribution is 5.83. The third-order valence-electron chi connectivity index (χ3n) is 3.47. The van der Waals surface area contributed by atoms with E-state index in [2.05, 4.69) is 10.1 Å². The van der Waals surface area contributed by atoms with E-state index in [0.717, 1.165) is 17.0 Å². The molecule has 1 aliphatic rings. The summed E-state index contributed by atoms with van der Waals surface area (Å²) in [5, 5.41) is 2.73. The van der Waals surface area contributed by atoms with E-state index >= 15 is 0 Å². The Morgan fingerprint density at radius 1 is 1.45 bits per heavy atom. The van der Waals surface area contributed by atoms with Crippen molar-refractivity contribution >= 4 is 17.6 Å². The third kappa shape index (κ3) is 4.13. The molecule has 0 radical (unpaired) electrons. The molecule has 1 N–H and O–H groups in total. The van der Waals surface area contributed by atoms with Gasteiger partial charge in [-0.1, -0.05) is 6.07 Å². The van der Waals surface area contributed by atoms with Crippen LogP contribution in [0, 0.1) is 6.92 Å². The first-order valence-electron chi connectivity index (χ1n) is 7.35.